The molecular formula is C52H35N3. The summed E-state index contributed by atoms with van der Waals surface area (Å²) in [7, 11) is 0. The Kier molecular flexibility index (Phi) is 5.10. The Morgan fingerprint density at radius 2 is 0.909 bits per heavy atom. The van der Waals surface area contributed by atoms with Crippen molar-refractivity contribution in [2.24, 2.45) is 0 Å². The van der Waals surface area contributed by atoms with Crippen LogP contribution in [0.1, 0.15) is 20.6 Å². The molecule has 3 nitrogen and oxygen atoms in total. The number of hydrogen-bond acceptors (Lipinski definition) is 2. The van der Waals surface area contributed by atoms with Crippen LogP contribution in [0.3, 0.4) is 0 Å². The van der Waals surface area contributed by atoms with E-state index in [2.05, 4.69) is 0 Å². The molecule has 0 bridgehead atoms. The summed E-state index contributed by atoms with van der Waals surface area (Å²) in [5.41, 5.74) is 4.51. The standard InChI is InChI=1S/C52H35N3/c1-6-16-36(17-7-1)38-26-28-40(29-27-38)47-35-48(54-52(53-47)41-22-12-4-13-23-41)42-30-31-45-49(33-42)55(44-24-14-5-15-25-44)50-34-43(37-18-8-2-9-19-37)32-46(51(45)50)39-20-10-3-11-21-39/h1-35H/i2D,3D,5D,8D,9D,10D,11D,14D,15D,18D,19D,20D,21D,24D,25D. The van der Waals surface area contributed by atoms with Gasteiger partial charge in [0.25, 0.3) is 0 Å². The molecule has 0 aliphatic carbocycles. The molecule has 2 heterocycles. The zero-order valence-electron chi connectivity index (χ0n) is 43.9. The summed E-state index contributed by atoms with van der Waals surface area (Å²) >= 11 is 0. The molecule has 0 radical (unpaired) electrons. The molecule has 0 unspecified atom stereocenters. The van der Waals surface area contributed by atoms with E-state index in [-0.39, 0.29) is 44.4 Å². The molecule has 0 saturated carbocycles. The lowest BCUT2D eigenvalue weighted by Gasteiger charge is -2.12. The van der Waals surface area contributed by atoms with Crippen molar-refractivity contribution in [2.45, 2.75) is 0 Å². The summed E-state index contributed by atoms with van der Waals surface area (Å²) in [5, 5.41) is 0.573. The molecule has 0 saturated heterocycles. The van der Waals surface area contributed by atoms with Crippen LogP contribution in [-0.2, 0) is 0 Å². The predicted molar refractivity (Wildman–Crippen MR) is 229 cm³/mol. The van der Waals surface area contributed by atoms with Gasteiger partial charge < -0.3 is 4.57 Å². The monoisotopic (exact) mass is 716 g/mol. The Hall–Kier alpha value is -7.36. The molecule has 55 heavy (non-hydrogen) atoms. The van der Waals surface area contributed by atoms with Crippen molar-refractivity contribution in [1.82, 2.24) is 14.5 Å². The van der Waals surface area contributed by atoms with Gasteiger partial charge in [-0.05, 0) is 69.7 Å². The van der Waals surface area contributed by atoms with E-state index in [1.54, 1.807) is 18.2 Å². The Bertz CT molecular complexity index is 3730. The van der Waals surface area contributed by atoms with Gasteiger partial charge in [-0.1, -0.05) is 176 Å². The summed E-state index contributed by atoms with van der Waals surface area (Å²) in [4.78, 5) is 10.0. The predicted octanol–water partition coefficient (Wildman–Crippen LogP) is 13.6. The fourth-order valence-corrected chi connectivity index (χ4v) is 6.94. The van der Waals surface area contributed by atoms with Crippen molar-refractivity contribution in [3.8, 4) is 73.0 Å². The molecule has 0 N–H and O–H groups in total. The second-order valence-electron chi connectivity index (χ2n) is 12.7. The molecule has 0 atom stereocenters. The molecule has 0 spiro atoms. The molecular weight excluding hydrogens is 667 g/mol. The second-order valence-corrected chi connectivity index (χ2v) is 12.7. The van der Waals surface area contributed by atoms with E-state index in [1.807, 2.05) is 91.0 Å². The van der Waals surface area contributed by atoms with Gasteiger partial charge in [0.05, 0.1) is 43.0 Å². The Balaban J connectivity index is 1.34. The van der Waals surface area contributed by atoms with Crippen LogP contribution >= 0.6 is 0 Å². The van der Waals surface area contributed by atoms with E-state index >= 15 is 0 Å². The van der Waals surface area contributed by atoms with Gasteiger partial charge in [-0.3, -0.25) is 0 Å². The number of rotatable bonds is 7. The summed E-state index contributed by atoms with van der Waals surface area (Å²) in [6.45, 7) is 0. The lowest BCUT2D eigenvalue weighted by atomic mass is 9.94. The topological polar surface area (TPSA) is 30.7 Å². The number of hydrogen-bond donors (Lipinski definition) is 0. The number of fused-ring (bicyclic) bond motifs is 3. The Labute approximate surface area is 341 Å². The lowest BCUT2D eigenvalue weighted by Crippen LogP contribution is -1.97. The number of aromatic nitrogens is 3. The van der Waals surface area contributed by atoms with Crippen LogP contribution in [-0.4, -0.2) is 14.5 Å². The van der Waals surface area contributed by atoms with Gasteiger partial charge in [0.15, 0.2) is 5.82 Å². The van der Waals surface area contributed by atoms with Gasteiger partial charge >= 0.3 is 0 Å². The van der Waals surface area contributed by atoms with Crippen LogP contribution in [0.25, 0.3) is 94.8 Å². The first-order valence-electron chi connectivity index (χ1n) is 24.9. The highest BCUT2D eigenvalue weighted by Crippen LogP contribution is 2.43. The third-order valence-corrected chi connectivity index (χ3v) is 9.48. The van der Waals surface area contributed by atoms with E-state index in [0.29, 0.717) is 28.2 Å². The first kappa shape index (κ1) is 20.2. The van der Waals surface area contributed by atoms with Gasteiger partial charge in [-0.25, -0.2) is 9.97 Å². The summed E-state index contributed by atoms with van der Waals surface area (Å²) in [5.74, 6) is 0.401. The summed E-state index contributed by atoms with van der Waals surface area (Å²) < 4.78 is 133. The smallest absolute Gasteiger partial charge is 0.160 e. The van der Waals surface area contributed by atoms with Crippen LogP contribution in [0, 0.1) is 0 Å². The third kappa shape index (κ3) is 6.08. The third-order valence-electron chi connectivity index (χ3n) is 9.48. The van der Waals surface area contributed by atoms with Crippen LogP contribution in [0.4, 0.5) is 0 Å². The van der Waals surface area contributed by atoms with E-state index in [1.165, 1.54) is 16.7 Å². The van der Waals surface area contributed by atoms with Crippen LogP contribution in [0.2, 0.25) is 0 Å². The molecule has 0 aliphatic rings. The summed E-state index contributed by atoms with van der Waals surface area (Å²) in [6.07, 6.45) is 0. The van der Waals surface area contributed by atoms with Gasteiger partial charge in [0.1, 0.15) is 0 Å². The summed E-state index contributed by atoms with van der Waals surface area (Å²) in [6, 6.07) is 27.7. The first-order valence-corrected chi connectivity index (χ1v) is 17.4. The Morgan fingerprint density at radius 3 is 1.58 bits per heavy atom. The van der Waals surface area contributed by atoms with Crippen LogP contribution in [0.5, 0.6) is 0 Å². The van der Waals surface area contributed by atoms with Crippen LogP contribution < -0.4 is 0 Å². The van der Waals surface area contributed by atoms with Gasteiger partial charge in [0.2, 0.25) is 0 Å². The minimum atomic E-state index is -0.658. The largest absolute Gasteiger partial charge is 0.309 e. The van der Waals surface area contributed by atoms with Crippen molar-refractivity contribution in [3.05, 3.63) is 212 Å². The number of nitrogens with zero attached hydrogens (tertiary/aromatic N) is 3. The molecule has 0 fully saturated rings. The minimum absolute atomic E-state index is 0.00480. The maximum atomic E-state index is 9.25. The van der Waals surface area contributed by atoms with Crippen molar-refractivity contribution in [2.75, 3.05) is 0 Å². The van der Waals surface area contributed by atoms with Crippen molar-refractivity contribution in [3.63, 3.8) is 0 Å². The van der Waals surface area contributed by atoms with Gasteiger partial charge in [-0.2, -0.15) is 0 Å². The highest BCUT2D eigenvalue weighted by Gasteiger charge is 2.20. The van der Waals surface area contributed by atoms with E-state index < -0.39 is 90.6 Å². The lowest BCUT2D eigenvalue weighted by molar-refractivity contribution is 1.17. The molecule has 10 rings (SSSR count). The molecule has 0 amide bonds. The van der Waals surface area contributed by atoms with Crippen molar-refractivity contribution < 1.29 is 20.6 Å². The van der Waals surface area contributed by atoms with Crippen molar-refractivity contribution >= 4 is 21.8 Å². The fourth-order valence-electron chi connectivity index (χ4n) is 6.94. The van der Waals surface area contributed by atoms with Crippen molar-refractivity contribution in [1.29, 1.82) is 0 Å². The van der Waals surface area contributed by atoms with E-state index in [0.717, 1.165) is 22.3 Å². The Morgan fingerprint density at radius 1 is 0.382 bits per heavy atom. The zero-order valence-corrected chi connectivity index (χ0v) is 28.9. The minimum Gasteiger partial charge on any atom is -0.309 e. The molecule has 0 aliphatic heterocycles. The molecule has 2 aromatic heterocycles. The number of benzene rings is 8. The number of para-hydroxylation sites is 1. The highest BCUT2D eigenvalue weighted by molar-refractivity contribution is 6.17. The quantitative estimate of drug-likeness (QED) is 0.164. The van der Waals surface area contributed by atoms with E-state index in [9.17, 15) is 2.74 Å². The zero-order chi connectivity index (χ0) is 49.6. The maximum absolute atomic E-state index is 9.25. The second kappa shape index (κ2) is 13.9. The molecule has 10 aromatic rings. The van der Waals surface area contributed by atoms with Gasteiger partial charge in [-0.15, -0.1) is 0 Å². The van der Waals surface area contributed by atoms with Crippen LogP contribution in [0.15, 0.2) is 212 Å². The average molecular weight is 717 g/mol. The molecule has 258 valence electrons. The fraction of sp³-hybridized carbons (Fsp3) is 0. The average Bonchev–Trinajstić information content (AvgIpc) is 3.71. The molecule has 3 heteroatoms. The maximum Gasteiger partial charge on any atom is 0.160 e. The van der Waals surface area contributed by atoms with E-state index in [4.69, 9.17) is 27.8 Å². The highest BCUT2D eigenvalue weighted by atomic mass is 15.0. The SMILES string of the molecule is [2H]c1c([2H])c([2H])c(-c2cc(-c3c([2H])c([2H])c([2H])c([2H])c3[2H])c3c4ccc(-c5cc(-c6ccc(-c7ccccc7)cc6)nc(-c6ccccc6)n5)cc4n(-c4c([2H])c([2H])c([2H])c([2H])c4[2H])c3c2)c([2H])c1[2H]. The first-order chi connectivity index (χ1) is 33.5. The molecule has 8 aromatic carbocycles. The normalized spacial score (nSPS) is 15.1. The van der Waals surface area contributed by atoms with Gasteiger partial charge in [0, 0.05) is 33.2 Å².